The molecule has 0 saturated heterocycles. The van der Waals surface area contributed by atoms with Crippen molar-refractivity contribution in [2.75, 3.05) is 13.7 Å². The highest BCUT2D eigenvalue weighted by atomic mass is 32.2. The van der Waals surface area contributed by atoms with Gasteiger partial charge in [0.25, 0.3) is 0 Å². The highest BCUT2D eigenvalue weighted by molar-refractivity contribution is 7.89. The number of methoxy groups -OCH3 is 1. The van der Waals surface area contributed by atoms with Gasteiger partial charge in [-0.25, -0.2) is 13.1 Å². The minimum absolute atomic E-state index is 0.0985. The third-order valence-corrected chi connectivity index (χ3v) is 6.71. The molecule has 0 radical (unpaired) electrons. The summed E-state index contributed by atoms with van der Waals surface area (Å²) in [4.78, 5) is 12.0. The maximum Gasteiger partial charge on any atom is 0.308 e. The molecule has 1 aromatic heterocycles. The lowest BCUT2D eigenvalue weighted by Crippen LogP contribution is -2.36. The summed E-state index contributed by atoms with van der Waals surface area (Å²) >= 11 is 1.04. The van der Waals surface area contributed by atoms with Crippen LogP contribution in [0.25, 0.3) is 10.2 Å². The monoisotopic (exact) mass is 422 g/mol. The summed E-state index contributed by atoms with van der Waals surface area (Å²) in [6, 6.07) is 11.4. The molecule has 7 nitrogen and oxygen atoms in total. The predicted molar refractivity (Wildman–Crippen MR) is 110 cm³/mol. The topological polar surface area (TPSA) is 86.6 Å². The average molecular weight is 423 g/mol. The Bertz CT molecular complexity index is 1130. The number of nitrogens with one attached hydrogen (secondary N) is 1. The second-order valence-electron chi connectivity index (χ2n) is 6.23. The van der Waals surface area contributed by atoms with Crippen molar-refractivity contribution in [1.82, 2.24) is 9.29 Å². The fourth-order valence-corrected chi connectivity index (χ4v) is 5.16. The van der Waals surface area contributed by atoms with E-state index in [-0.39, 0.29) is 16.4 Å². The third-order valence-electron chi connectivity index (χ3n) is 4.18. The second kappa shape index (κ2) is 8.34. The van der Waals surface area contributed by atoms with Crippen LogP contribution in [0.4, 0.5) is 0 Å². The van der Waals surface area contributed by atoms with E-state index in [4.69, 9.17) is 9.47 Å². The molecule has 0 aliphatic carbocycles. The molecule has 1 unspecified atom stereocenters. The van der Waals surface area contributed by atoms with Gasteiger partial charge in [0, 0.05) is 6.54 Å². The van der Waals surface area contributed by atoms with Crippen LogP contribution in [-0.2, 0) is 16.6 Å². The van der Waals surface area contributed by atoms with Crippen LogP contribution in [0.15, 0.2) is 52.2 Å². The van der Waals surface area contributed by atoms with Gasteiger partial charge in [-0.3, -0.25) is 9.36 Å². The molecule has 1 atom stereocenters. The Labute approximate surface area is 167 Å². The Balaban J connectivity index is 1.74. The highest BCUT2D eigenvalue weighted by Gasteiger charge is 2.20. The number of aryl methyl sites for hydroxylation is 1. The largest absolute Gasteiger partial charge is 0.493 e. The Morgan fingerprint density at radius 1 is 1.18 bits per heavy atom. The molecule has 0 saturated carbocycles. The van der Waals surface area contributed by atoms with E-state index in [0.717, 1.165) is 16.9 Å². The fourth-order valence-electron chi connectivity index (χ4n) is 2.83. The molecular weight excluding hydrogens is 400 g/mol. The third kappa shape index (κ3) is 4.21. The van der Waals surface area contributed by atoms with Gasteiger partial charge in [0.15, 0.2) is 11.5 Å². The molecule has 9 heteroatoms. The van der Waals surface area contributed by atoms with Crippen LogP contribution >= 0.6 is 11.3 Å². The molecule has 1 N–H and O–H groups in total. The standard InChI is InChI=1S/C19H22N2O5S2/c1-4-21-15-10-9-14(11-18(15)27-19(21)22)28(23,24)20-13(2)12-26-17-8-6-5-7-16(17)25-3/h5-11,13,20H,4,12H2,1-3H3. The summed E-state index contributed by atoms with van der Waals surface area (Å²) in [7, 11) is -2.20. The van der Waals surface area contributed by atoms with Crippen molar-refractivity contribution in [3.8, 4) is 11.5 Å². The summed E-state index contributed by atoms with van der Waals surface area (Å²) in [6.07, 6.45) is 0. The molecule has 150 valence electrons. The van der Waals surface area contributed by atoms with Crippen molar-refractivity contribution < 1.29 is 17.9 Å². The SMILES string of the molecule is CCn1c(=O)sc2cc(S(=O)(=O)NC(C)COc3ccccc3OC)ccc21. The molecule has 2 aromatic carbocycles. The van der Waals surface area contributed by atoms with Crippen molar-refractivity contribution in [3.05, 3.63) is 52.1 Å². The second-order valence-corrected chi connectivity index (χ2v) is 8.93. The molecule has 0 aliphatic rings. The van der Waals surface area contributed by atoms with Crippen LogP contribution in [0.5, 0.6) is 11.5 Å². The first-order chi connectivity index (χ1) is 13.4. The fraction of sp³-hybridized carbons (Fsp3) is 0.316. The van der Waals surface area contributed by atoms with Gasteiger partial charge in [0.1, 0.15) is 6.61 Å². The number of nitrogens with zero attached hydrogens (tertiary/aromatic N) is 1. The van der Waals surface area contributed by atoms with Crippen molar-refractivity contribution >= 4 is 31.6 Å². The number of para-hydroxylation sites is 2. The molecule has 0 spiro atoms. The lowest BCUT2D eigenvalue weighted by Gasteiger charge is -2.16. The highest BCUT2D eigenvalue weighted by Crippen LogP contribution is 2.26. The molecule has 0 fully saturated rings. The molecule has 3 aromatic rings. The Morgan fingerprint density at radius 3 is 2.57 bits per heavy atom. The van der Waals surface area contributed by atoms with Gasteiger partial charge in [-0.05, 0) is 44.2 Å². The normalized spacial score (nSPS) is 12.8. The lowest BCUT2D eigenvalue weighted by molar-refractivity contribution is 0.271. The van der Waals surface area contributed by atoms with Crippen LogP contribution < -0.4 is 19.1 Å². The van der Waals surface area contributed by atoms with Crippen LogP contribution in [0.3, 0.4) is 0 Å². The maximum absolute atomic E-state index is 12.7. The zero-order valence-electron chi connectivity index (χ0n) is 15.8. The Morgan fingerprint density at radius 2 is 1.89 bits per heavy atom. The molecule has 0 bridgehead atoms. The summed E-state index contributed by atoms with van der Waals surface area (Å²) in [6.45, 7) is 4.28. The molecule has 0 aliphatic heterocycles. The van der Waals surface area contributed by atoms with Gasteiger partial charge < -0.3 is 9.47 Å². The first-order valence-corrected chi connectivity index (χ1v) is 11.1. The van der Waals surface area contributed by atoms with E-state index < -0.39 is 16.1 Å². The average Bonchev–Trinajstić information content (AvgIpc) is 3.00. The quantitative estimate of drug-likeness (QED) is 0.603. The predicted octanol–water partition coefficient (Wildman–Crippen LogP) is 2.84. The van der Waals surface area contributed by atoms with Crippen molar-refractivity contribution in [3.63, 3.8) is 0 Å². The van der Waals surface area contributed by atoms with E-state index in [9.17, 15) is 13.2 Å². The number of aromatic nitrogens is 1. The summed E-state index contributed by atoms with van der Waals surface area (Å²) in [5, 5.41) is 0. The molecule has 0 amide bonds. The van der Waals surface area contributed by atoms with Crippen LogP contribution in [0.1, 0.15) is 13.8 Å². The van der Waals surface area contributed by atoms with Crippen molar-refractivity contribution in [2.45, 2.75) is 31.3 Å². The smallest absolute Gasteiger partial charge is 0.308 e. The van der Waals surface area contributed by atoms with Crippen molar-refractivity contribution in [2.24, 2.45) is 0 Å². The zero-order valence-corrected chi connectivity index (χ0v) is 17.5. The van der Waals surface area contributed by atoms with E-state index in [1.54, 1.807) is 36.8 Å². The number of ether oxygens (including phenoxy) is 2. The van der Waals surface area contributed by atoms with Gasteiger partial charge in [-0.2, -0.15) is 0 Å². The molecular formula is C19H22N2O5S2. The van der Waals surface area contributed by atoms with E-state index in [1.807, 2.05) is 19.1 Å². The first-order valence-electron chi connectivity index (χ1n) is 8.77. The Kier molecular flexibility index (Phi) is 6.07. The Hall–Kier alpha value is -2.36. The first kappa shape index (κ1) is 20.4. The van der Waals surface area contributed by atoms with Crippen molar-refractivity contribution in [1.29, 1.82) is 0 Å². The van der Waals surface area contributed by atoms with E-state index in [1.165, 1.54) is 12.1 Å². The molecule has 3 rings (SSSR count). The number of thiazole rings is 1. The van der Waals surface area contributed by atoms with E-state index in [2.05, 4.69) is 4.72 Å². The number of fused-ring (bicyclic) bond motifs is 1. The van der Waals surface area contributed by atoms with Gasteiger partial charge in [0.2, 0.25) is 10.0 Å². The number of sulfonamides is 1. The van der Waals surface area contributed by atoms with E-state index in [0.29, 0.717) is 22.7 Å². The summed E-state index contributed by atoms with van der Waals surface area (Å²) in [5.41, 5.74) is 0.740. The lowest BCUT2D eigenvalue weighted by atomic mass is 10.3. The van der Waals surface area contributed by atoms with Gasteiger partial charge in [-0.15, -0.1) is 0 Å². The zero-order chi connectivity index (χ0) is 20.3. The minimum Gasteiger partial charge on any atom is -0.493 e. The number of hydrogen-bond acceptors (Lipinski definition) is 6. The number of hydrogen-bond donors (Lipinski definition) is 1. The van der Waals surface area contributed by atoms with Crippen LogP contribution in [-0.4, -0.2) is 32.7 Å². The molecule has 1 heterocycles. The van der Waals surface area contributed by atoms with E-state index >= 15 is 0 Å². The molecule has 28 heavy (non-hydrogen) atoms. The van der Waals surface area contributed by atoms with Gasteiger partial charge >= 0.3 is 4.87 Å². The van der Waals surface area contributed by atoms with Gasteiger partial charge in [-0.1, -0.05) is 23.5 Å². The van der Waals surface area contributed by atoms with Crippen LogP contribution in [0.2, 0.25) is 0 Å². The van der Waals surface area contributed by atoms with Gasteiger partial charge in [0.05, 0.1) is 28.3 Å². The van der Waals surface area contributed by atoms with Crippen LogP contribution in [0, 0.1) is 0 Å². The maximum atomic E-state index is 12.7. The summed E-state index contributed by atoms with van der Waals surface area (Å²) < 4.78 is 41.2. The number of benzene rings is 2. The number of rotatable bonds is 8. The summed E-state index contributed by atoms with van der Waals surface area (Å²) in [5.74, 6) is 1.13. The minimum atomic E-state index is -3.75.